The van der Waals surface area contributed by atoms with Crippen molar-refractivity contribution in [1.29, 1.82) is 0 Å². The van der Waals surface area contributed by atoms with Gasteiger partial charge in [0.15, 0.2) is 0 Å². The van der Waals surface area contributed by atoms with Gasteiger partial charge in [0.05, 0.1) is 16.1 Å². The molecule has 0 aliphatic carbocycles. The van der Waals surface area contributed by atoms with Gasteiger partial charge in [-0.3, -0.25) is 9.78 Å². The van der Waals surface area contributed by atoms with Crippen molar-refractivity contribution in [2.45, 2.75) is 26.1 Å². The zero-order valence-corrected chi connectivity index (χ0v) is 15.1. The molecule has 4 heterocycles. The van der Waals surface area contributed by atoms with Crippen LogP contribution in [0.25, 0.3) is 20.7 Å². The van der Waals surface area contributed by atoms with E-state index in [9.17, 15) is 18.0 Å². The minimum absolute atomic E-state index is 0.0437. The van der Waals surface area contributed by atoms with Crippen LogP contribution in [0.1, 0.15) is 23.7 Å². The SMILES string of the molecule is CC(=O)N1CCc2nc3sc(-c4ccncc4)c(N)c3c(C(F)(F)F)c2C1. The maximum Gasteiger partial charge on any atom is 0.417 e. The maximum atomic E-state index is 14.0. The molecule has 9 heteroatoms. The van der Waals surface area contributed by atoms with Gasteiger partial charge in [-0.25, -0.2) is 4.98 Å². The first-order valence-electron chi connectivity index (χ1n) is 8.24. The lowest BCUT2D eigenvalue weighted by molar-refractivity contribution is -0.138. The van der Waals surface area contributed by atoms with Crippen LogP contribution in [0.4, 0.5) is 18.9 Å². The Balaban J connectivity index is 2.02. The van der Waals surface area contributed by atoms with Crippen LogP contribution in [-0.4, -0.2) is 27.3 Å². The molecular weight excluding hydrogens is 377 g/mol. The molecule has 27 heavy (non-hydrogen) atoms. The van der Waals surface area contributed by atoms with E-state index in [1.165, 1.54) is 11.8 Å². The topological polar surface area (TPSA) is 72.1 Å². The number of nitrogens with zero attached hydrogens (tertiary/aromatic N) is 3. The second-order valence-electron chi connectivity index (χ2n) is 6.36. The lowest BCUT2D eigenvalue weighted by Crippen LogP contribution is -2.36. The molecule has 0 saturated heterocycles. The number of amides is 1. The number of carbonyl (C=O) groups is 1. The highest BCUT2D eigenvalue weighted by Crippen LogP contribution is 2.48. The second-order valence-corrected chi connectivity index (χ2v) is 7.36. The van der Waals surface area contributed by atoms with E-state index in [0.717, 1.165) is 11.3 Å². The summed E-state index contributed by atoms with van der Waals surface area (Å²) in [5, 5.41) is -0.0801. The number of aromatic nitrogens is 2. The van der Waals surface area contributed by atoms with Crippen molar-refractivity contribution >= 4 is 33.1 Å². The first kappa shape index (κ1) is 17.7. The molecule has 5 nitrogen and oxygen atoms in total. The number of rotatable bonds is 1. The molecule has 0 saturated carbocycles. The predicted octanol–water partition coefficient (Wildman–Crippen LogP) is 3.86. The normalized spacial score (nSPS) is 14.4. The van der Waals surface area contributed by atoms with Crippen molar-refractivity contribution in [1.82, 2.24) is 14.9 Å². The van der Waals surface area contributed by atoms with Gasteiger partial charge in [0.25, 0.3) is 0 Å². The van der Waals surface area contributed by atoms with Crippen molar-refractivity contribution in [3.8, 4) is 10.4 Å². The van der Waals surface area contributed by atoms with Gasteiger partial charge >= 0.3 is 6.18 Å². The fourth-order valence-corrected chi connectivity index (χ4v) is 4.55. The lowest BCUT2D eigenvalue weighted by Gasteiger charge is -2.29. The third-order valence-electron chi connectivity index (χ3n) is 4.70. The number of anilines is 1. The number of nitrogen functional groups attached to an aromatic ring is 1. The highest BCUT2D eigenvalue weighted by atomic mass is 32.1. The number of nitrogens with two attached hydrogens (primary N) is 1. The summed E-state index contributed by atoms with van der Waals surface area (Å²) in [5.41, 5.74) is 6.57. The molecule has 140 valence electrons. The van der Waals surface area contributed by atoms with Crippen LogP contribution in [0, 0.1) is 0 Å². The summed E-state index contributed by atoms with van der Waals surface area (Å²) < 4.78 is 42.1. The van der Waals surface area contributed by atoms with Crippen LogP contribution in [0.2, 0.25) is 0 Å². The van der Waals surface area contributed by atoms with Gasteiger partial charge in [0.1, 0.15) is 4.83 Å². The zero-order chi connectivity index (χ0) is 19.3. The summed E-state index contributed by atoms with van der Waals surface area (Å²) in [4.78, 5) is 22.3. The minimum atomic E-state index is -4.60. The average Bonchev–Trinajstić information content (AvgIpc) is 2.95. The first-order valence-corrected chi connectivity index (χ1v) is 9.06. The molecule has 0 bridgehead atoms. The Morgan fingerprint density at radius 3 is 2.63 bits per heavy atom. The monoisotopic (exact) mass is 392 g/mol. The number of hydrogen-bond acceptors (Lipinski definition) is 5. The first-order chi connectivity index (χ1) is 12.8. The highest BCUT2D eigenvalue weighted by Gasteiger charge is 2.40. The quantitative estimate of drug-likeness (QED) is 0.683. The van der Waals surface area contributed by atoms with Gasteiger partial charge < -0.3 is 10.6 Å². The van der Waals surface area contributed by atoms with Gasteiger partial charge in [-0.1, -0.05) is 0 Å². The van der Waals surface area contributed by atoms with E-state index in [1.807, 2.05) is 0 Å². The maximum absolute atomic E-state index is 14.0. The molecule has 0 aromatic carbocycles. The molecule has 3 aromatic heterocycles. The molecule has 0 radical (unpaired) electrons. The lowest BCUT2D eigenvalue weighted by atomic mass is 9.96. The van der Waals surface area contributed by atoms with Crippen molar-refractivity contribution in [3.05, 3.63) is 41.3 Å². The minimum Gasteiger partial charge on any atom is -0.397 e. The van der Waals surface area contributed by atoms with Crippen LogP contribution in [-0.2, 0) is 23.9 Å². The zero-order valence-electron chi connectivity index (χ0n) is 14.3. The Labute approximate surface area is 156 Å². The Morgan fingerprint density at radius 1 is 1.30 bits per heavy atom. The molecule has 1 aliphatic heterocycles. The Kier molecular flexibility index (Phi) is 4.06. The summed E-state index contributed by atoms with van der Waals surface area (Å²) >= 11 is 1.14. The number of alkyl halides is 3. The van der Waals surface area contributed by atoms with E-state index in [0.29, 0.717) is 22.7 Å². The number of fused-ring (bicyclic) bond motifs is 2. The van der Waals surface area contributed by atoms with E-state index in [2.05, 4.69) is 9.97 Å². The third-order valence-corrected chi connectivity index (χ3v) is 5.85. The van der Waals surface area contributed by atoms with Gasteiger partial charge in [-0.15, -0.1) is 11.3 Å². The molecule has 1 amide bonds. The fraction of sp³-hybridized carbons (Fsp3) is 0.278. The highest BCUT2D eigenvalue weighted by molar-refractivity contribution is 7.22. The number of thiophene rings is 1. The molecule has 1 aliphatic rings. The summed E-state index contributed by atoms with van der Waals surface area (Å²) in [6.45, 7) is 1.60. The van der Waals surface area contributed by atoms with Crippen LogP contribution < -0.4 is 5.73 Å². The smallest absolute Gasteiger partial charge is 0.397 e. The second kappa shape index (κ2) is 6.19. The fourth-order valence-electron chi connectivity index (χ4n) is 3.42. The standard InChI is InChI=1S/C18H15F3N4OS/c1-9(26)25-7-4-12-11(8-25)14(18(19,20)21)13-15(22)16(27-17(13)24-12)10-2-5-23-6-3-10/h2-3,5-6H,4,7-8,22H2,1H3. The van der Waals surface area contributed by atoms with E-state index in [-0.39, 0.29) is 40.3 Å². The summed E-state index contributed by atoms with van der Waals surface area (Å²) in [5.74, 6) is -0.260. The third kappa shape index (κ3) is 2.91. The number of hydrogen-bond donors (Lipinski definition) is 1. The van der Waals surface area contributed by atoms with Gasteiger partial charge in [0, 0.05) is 55.5 Å². The van der Waals surface area contributed by atoms with Crippen molar-refractivity contribution < 1.29 is 18.0 Å². The number of pyridine rings is 2. The van der Waals surface area contributed by atoms with Crippen LogP contribution in [0.3, 0.4) is 0 Å². The Hall–Kier alpha value is -2.68. The molecule has 0 unspecified atom stereocenters. The largest absolute Gasteiger partial charge is 0.417 e. The molecule has 0 fully saturated rings. The molecule has 3 aromatic rings. The Bertz CT molecular complexity index is 1050. The van der Waals surface area contributed by atoms with Crippen molar-refractivity contribution in [3.63, 3.8) is 0 Å². The van der Waals surface area contributed by atoms with Crippen LogP contribution in [0.5, 0.6) is 0 Å². The van der Waals surface area contributed by atoms with Crippen molar-refractivity contribution in [2.75, 3.05) is 12.3 Å². The summed E-state index contributed by atoms with van der Waals surface area (Å²) in [6.07, 6.45) is -1.19. The average molecular weight is 392 g/mol. The molecule has 0 spiro atoms. The molecule has 0 atom stereocenters. The number of carbonyl (C=O) groups excluding carboxylic acids is 1. The summed E-state index contributed by atoms with van der Waals surface area (Å²) in [6, 6.07) is 3.40. The van der Waals surface area contributed by atoms with E-state index in [1.54, 1.807) is 24.5 Å². The van der Waals surface area contributed by atoms with E-state index in [4.69, 9.17) is 5.73 Å². The van der Waals surface area contributed by atoms with Gasteiger partial charge in [0.2, 0.25) is 5.91 Å². The molecule has 4 rings (SSSR count). The number of halogens is 3. The predicted molar refractivity (Wildman–Crippen MR) is 97.1 cm³/mol. The van der Waals surface area contributed by atoms with Crippen LogP contribution >= 0.6 is 11.3 Å². The van der Waals surface area contributed by atoms with E-state index >= 15 is 0 Å². The van der Waals surface area contributed by atoms with Crippen LogP contribution in [0.15, 0.2) is 24.5 Å². The molecule has 2 N–H and O–H groups in total. The van der Waals surface area contributed by atoms with Gasteiger partial charge in [-0.2, -0.15) is 13.2 Å². The molecular formula is C18H15F3N4OS. The Morgan fingerprint density at radius 2 is 2.00 bits per heavy atom. The summed E-state index contributed by atoms with van der Waals surface area (Å²) in [7, 11) is 0. The van der Waals surface area contributed by atoms with E-state index < -0.39 is 11.7 Å². The van der Waals surface area contributed by atoms with Crippen molar-refractivity contribution in [2.24, 2.45) is 0 Å². The van der Waals surface area contributed by atoms with Gasteiger partial charge in [-0.05, 0) is 17.7 Å².